The predicted molar refractivity (Wildman–Crippen MR) is 112 cm³/mol. The lowest BCUT2D eigenvalue weighted by Crippen LogP contribution is -2.21. The zero-order chi connectivity index (χ0) is 21.2. The number of anilines is 1. The molecule has 2 rings (SSSR count). The number of benzene rings is 2. The van der Waals surface area contributed by atoms with E-state index in [-0.39, 0.29) is 5.56 Å². The van der Waals surface area contributed by atoms with Gasteiger partial charge in [0.15, 0.2) is 18.1 Å². The van der Waals surface area contributed by atoms with Gasteiger partial charge in [0.1, 0.15) is 11.3 Å². The van der Waals surface area contributed by atoms with Crippen LogP contribution < -0.4 is 19.5 Å². The number of ether oxygens (including phenoxy) is 4. The molecule has 0 bridgehead atoms. The molecular weight excluding hydrogens is 394 g/mol. The van der Waals surface area contributed by atoms with Gasteiger partial charge in [-0.3, -0.25) is 4.79 Å². The van der Waals surface area contributed by atoms with Crippen molar-refractivity contribution in [3.05, 3.63) is 42.0 Å². The summed E-state index contributed by atoms with van der Waals surface area (Å²) in [5.41, 5.74) is 0.776. The number of nitrogens with one attached hydrogen (secondary N) is 1. The third kappa shape index (κ3) is 6.32. The highest BCUT2D eigenvalue weighted by Crippen LogP contribution is 2.30. The van der Waals surface area contributed by atoms with E-state index in [1.807, 2.05) is 20.1 Å². The van der Waals surface area contributed by atoms with Crippen molar-refractivity contribution in [2.24, 2.45) is 0 Å². The number of hydrogen-bond donors (Lipinski definition) is 1. The summed E-state index contributed by atoms with van der Waals surface area (Å²) >= 11 is 1.53. The maximum Gasteiger partial charge on any atom is 0.342 e. The average molecular weight is 419 g/mol. The van der Waals surface area contributed by atoms with E-state index >= 15 is 0 Å². The standard InChI is InChI=1S/C21H25NO6S/c1-5-26-17-10-7-14(11-19(17)27-6-2)22-20(23)13-28-21(24)16-9-8-15(29-4)12-18(16)25-3/h7-12H,5-6,13H2,1-4H3,(H,22,23). The molecule has 2 aromatic carbocycles. The van der Waals surface area contributed by atoms with Gasteiger partial charge >= 0.3 is 5.97 Å². The number of carbonyl (C=O) groups excluding carboxylic acids is 2. The summed E-state index contributed by atoms with van der Waals surface area (Å²) in [6.07, 6.45) is 1.93. The molecule has 1 amide bonds. The molecule has 7 nitrogen and oxygen atoms in total. The van der Waals surface area contributed by atoms with E-state index in [1.165, 1.54) is 18.9 Å². The van der Waals surface area contributed by atoms with Crippen molar-refractivity contribution < 1.29 is 28.5 Å². The Balaban J connectivity index is 1.99. The van der Waals surface area contributed by atoms with Gasteiger partial charge in [0.25, 0.3) is 5.91 Å². The lowest BCUT2D eigenvalue weighted by molar-refractivity contribution is -0.119. The number of thioether (sulfide) groups is 1. The Morgan fingerprint density at radius 2 is 1.69 bits per heavy atom. The molecule has 156 valence electrons. The van der Waals surface area contributed by atoms with Crippen molar-refractivity contribution >= 4 is 29.3 Å². The third-order valence-corrected chi connectivity index (χ3v) is 4.52. The molecule has 0 atom stereocenters. The molecule has 0 aliphatic rings. The van der Waals surface area contributed by atoms with Crippen LogP contribution in [0.5, 0.6) is 17.2 Å². The van der Waals surface area contributed by atoms with E-state index < -0.39 is 18.5 Å². The first kappa shape index (κ1) is 22.4. The summed E-state index contributed by atoms with van der Waals surface area (Å²) in [4.78, 5) is 25.5. The van der Waals surface area contributed by atoms with Crippen molar-refractivity contribution in [3.63, 3.8) is 0 Å². The van der Waals surface area contributed by atoms with E-state index in [4.69, 9.17) is 18.9 Å². The second-order valence-corrected chi connectivity index (χ2v) is 6.60. The molecule has 0 saturated carbocycles. The molecule has 1 N–H and O–H groups in total. The van der Waals surface area contributed by atoms with E-state index in [1.54, 1.807) is 36.4 Å². The van der Waals surface area contributed by atoms with Crippen LogP contribution in [0.3, 0.4) is 0 Å². The molecule has 2 aromatic rings. The molecule has 0 heterocycles. The van der Waals surface area contributed by atoms with Crippen LogP contribution in [0.25, 0.3) is 0 Å². The van der Waals surface area contributed by atoms with E-state index in [2.05, 4.69) is 5.32 Å². The van der Waals surface area contributed by atoms with Gasteiger partial charge in [-0.25, -0.2) is 4.79 Å². The molecule has 0 spiro atoms. The van der Waals surface area contributed by atoms with E-state index in [0.717, 1.165) is 4.90 Å². The second kappa shape index (κ2) is 11.2. The number of rotatable bonds is 10. The zero-order valence-electron chi connectivity index (χ0n) is 16.9. The minimum atomic E-state index is -0.633. The fraction of sp³-hybridized carbons (Fsp3) is 0.333. The molecule has 8 heteroatoms. The average Bonchev–Trinajstić information content (AvgIpc) is 2.73. The van der Waals surface area contributed by atoms with Crippen LogP contribution in [0.1, 0.15) is 24.2 Å². The van der Waals surface area contributed by atoms with Gasteiger partial charge in [-0.15, -0.1) is 11.8 Å². The lowest BCUT2D eigenvalue weighted by atomic mass is 10.2. The van der Waals surface area contributed by atoms with Gasteiger partial charge in [0.2, 0.25) is 0 Å². The van der Waals surface area contributed by atoms with Crippen molar-refractivity contribution in [1.82, 2.24) is 0 Å². The molecule has 0 aliphatic carbocycles. The largest absolute Gasteiger partial charge is 0.496 e. The lowest BCUT2D eigenvalue weighted by Gasteiger charge is -2.13. The highest BCUT2D eigenvalue weighted by molar-refractivity contribution is 7.98. The Kier molecular flexibility index (Phi) is 8.67. The highest BCUT2D eigenvalue weighted by atomic mass is 32.2. The fourth-order valence-corrected chi connectivity index (χ4v) is 2.93. The van der Waals surface area contributed by atoms with Crippen LogP contribution in [0, 0.1) is 0 Å². The Morgan fingerprint density at radius 1 is 0.966 bits per heavy atom. The Labute approximate surface area is 174 Å². The summed E-state index contributed by atoms with van der Waals surface area (Å²) in [7, 11) is 1.48. The van der Waals surface area contributed by atoms with Crippen molar-refractivity contribution in [1.29, 1.82) is 0 Å². The molecule has 0 aliphatic heterocycles. The Bertz CT molecular complexity index is 855. The van der Waals surface area contributed by atoms with E-state index in [0.29, 0.717) is 36.1 Å². The van der Waals surface area contributed by atoms with Gasteiger partial charge in [-0.05, 0) is 50.4 Å². The molecular formula is C21H25NO6S. The first-order chi connectivity index (χ1) is 14.0. The van der Waals surface area contributed by atoms with Crippen LogP contribution in [0.2, 0.25) is 0 Å². The maximum absolute atomic E-state index is 12.3. The Hall–Kier alpha value is -2.87. The van der Waals surface area contributed by atoms with Gasteiger partial charge in [-0.2, -0.15) is 0 Å². The highest BCUT2D eigenvalue weighted by Gasteiger charge is 2.16. The molecule has 0 unspecified atom stereocenters. The Morgan fingerprint density at radius 3 is 2.34 bits per heavy atom. The fourth-order valence-electron chi connectivity index (χ4n) is 2.50. The van der Waals surface area contributed by atoms with Crippen LogP contribution in [-0.4, -0.2) is 45.1 Å². The van der Waals surface area contributed by atoms with Gasteiger partial charge in [0.05, 0.1) is 20.3 Å². The number of esters is 1. The van der Waals surface area contributed by atoms with Crippen molar-refractivity contribution in [2.45, 2.75) is 18.7 Å². The summed E-state index contributed by atoms with van der Waals surface area (Å²) in [6.45, 7) is 4.28. The minimum Gasteiger partial charge on any atom is -0.496 e. The SMILES string of the molecule is CCOc1ccc(NC(=O)COC(=O)c2ccc(SC)cc2OC)cc1OCC. The van der Waals surface area contributed by atoms with Crippen molar-refractivity contribution in [3.8, 4) is 17.2 Å². The maximum atomic E-state index is 12.3. The quantitative estimate of drug-likeness (QED) is 0.460. The van der Waals surface area contributed by atoms with E-state index in [9.17, 15) is 9.59 Å². The third-order valence-electron chi connectivity index (χ3n) is 3.79. The van der Waals surface area contributed by atoms with Crippen LogP contribution in [-0.2, 0) is 9.53 Å². The number of methoxy groups -OCH3 is 1. The summed E-state index contributed by atoms with van der Waals surface area (Å²) in [5.74, 6) is 0.425. The molecule has 0 fully saturated rings. The number of hydrogen-bond acceptors (Lipinski definition) is 7. The zero-order valence-corrected chi connectivity index (χ0v) is 17.8. The molecule has 0 aromatic heterocycles. The molecule has 29 heavy (non-hydrogen) atoms. The van der Waals surface area contributed by atoms with Gasteiger partial charge in [-0.1, -0.05) is 0 Å². The van der Waals surface area contributed by atoms with Crippen LogP contribution in [0.15, 0.2) is 41.3 Å². The summed E-state index contributed by atoms with van der Waals surface area (Å²) in [5, 5.41) is 2.68. The molecule has 0 radical (unpaired) electrons. The summed E-state index contributed by atoms with van der Waals surface area (Å²) < 4.78 is 21.4. The second-order valence-electron chi connectivity index (χ2n) is 5.72. The van der Waals surface area contributed by atoms with Gasteiger partial charge in [0, 0.05) is 16.6 Å². The predicted octanol–water partition coefficient (Wildman–Crippen LogP) is 4.01. The first-order valence-electron chi connectivity index (χ1n) is 9.11. The van der Waals surface area contributed by atoms with Crippen LogP contribution >= 0.6 is 11.8 Å². The number of amides is 1. The smallest absolute Gasteiger partial charge is 0.342 e. The minimum absolute atomic E-state index is 0.262. The molecule has 0 saturated heterocycles. The summed E-state index contributed by atoms with van der Waals surface area (Å²) in [6, 6.07) is 10.2. The normalized spacial score (nSPS) is 10.2. The van der Waals surface area contributed by atoms with Crippen LogP contribution in [0.4, 0.5) is 5.69 Å². The van der Waals surface area contributed by atoms with Gasteiger partial charge < -0.3 is 24.3 Å². The monoisotopic (exact) mass is 419 g/mol. The topological polar surface area (TPSA) is 83.1 Å². The van der Waals surface area contributed by atoms with Crippen molar-refractivity contribution in [2.75, 3.05) is 38.5 Å². The number of carbonyl (C=O) groups is 2. The first-order valence-corrected chi connectivity index (χ1v) is 10.3.